The Morgan fingerprint density at radius 3 is 3.00 bits per heavy atom. The number of hydrogen-bond acceptors (Lipinski definition) is 1. The molecule has 1 heterocycles. The second-order valence-corrected chi connectivity index (χ2v) is 5.96. The molecule has 0 bridgehead atoms. The Kier molecular flexibility index (Phi) is 3.84. The van der Waals surface area contributed by atoms with E-state index in [4.69, 9.17) is 0 Å². The van der Waals surface area contributed by atoms with Gasteiger partial charge >= 0.3 is 0 Å². The van der Waals surface area contributed by atoms with Gasteiger partial charge in [-0.3, -0.25) is 4.68 Å². The van der Waals surface area contributed by atoms with Crippen LogP contribution in [0.2, 0.25) is 0 Å². The lowest BCUT2D eigenvalue weighted by molar-refractivity contribution is 0.456. The van der Waals surface area contributed by atoms with Crippen LogP contribution in [0.15, 0.2) is 12.3 Å². The minimum Gasteiger partial charge on any atom is -0.276 e. The molecule has 3 heteroatoms. The van der Waals surface area contributed by atoms with E-state index < -0.39 is 0 Å². The van der Waals surface area contributed by atoms with Gasteiger partial charge in [0.05, 0.1) is 5.69 Å². The van der Waals surface area contributed by atoms with E-state index in [9.17, 15) is 0 Å². The minimum absolute atomic E-state index is 0.730. The number of halogens is 1. The second kappa shape index (κ2) is 5.15. The van der Waals surface area contributed by atoms with Gasteiger partial charge in [-0.25, -0.2) is 0 Å². The average molecular weight is 271 g/mol. The maximum absolute atomic E-state index is 4.46. The molecule has 2 rings (SSSR count). The van der Waals surface area contributed by atoms with E-state index in [0.29, 0.717) is 0 Å². The average Bonchev–Trinajstić information content (AvgIpc) is 2.46. The maximum atomic E-state index is 4.46. The molecule has 0 radical (unpaired) electrons. The largest absolute Gasteiger partial charge is 0.276 e. The first-order valence-corrected chi connectivity index (χ1v) is 6.78. The van der Waals surface area contributed by atoms with Crippen molar-refractivity contribution >= 4 is 15.9 Å². The fourth-order valence-corrected chi connectivity index (χ4v) is 3.30. The normalized spacial score (nSPS) is 27.6. The lowest BCUT2D eigenvalue weighted by Gasteiger charge is -2.14. The van der Waals surface area contributed by atoms with Crippen LogP contribution in [0.5, 0.6) is 0 Å². The van der Waals surface area contributed by atoms with Crippen LogP contribution in [0, 0.1) is 5.92 Å². The van der Waals surface area contributed by atoms with Crippen LogP contribution in [-0.2, 0) is 13.5 Å². The predicted molar refractivity (Wildman–Crippen MR) is 66.2 cm³/mol. The molecule has 84 valence electrons. The van der Waals surface area contributed by atoms with Crippen molar-refractivity contribution in [3.05, 3.63) is 18.0 Å². The topological polar surface area (TPSA) is 17.8 Å². The predicted octanol–water partition coefficient (Wildman–Crippen LogP) is 3.31. The van der Waals surface area contributed by atoms with Crippen LogP contribution in [0.4, 0.5) is 0 Å². The van der Waals surface area contributed by atoms with E-state index >= 15 is 0 Å². The summed E-state index contributed by atoms with van der Waals surface area (Å²) in [6, 6.07) is 2.15. The van der Waals surface area contributed by atoms with E-state index in [1.807, 2.05) is 17.9 Å². The molecular formula is C12H19BrN2. The molecule has 0 aromatic carbocycles. The third-order valence-electron chi connectivity index (χ3n) is 3.24. The monoisotopic (exact) mass is 270 g/mol. The summed E-state index contributed by atoms with van der Waals surface area (Å²) in [6.45, 7) is 0. The fraction of sp³-hybridized carbons (Fsp3) is 0.750. The molecule has 1 aliphatic rings. The molecule has 0 spiro atoms. The quantitative estimate of drug-likeness (QED) is 0.596. The Labute approximate surface area is 100 Å². The van der Waals surface area contributed by atoms with Gasteiger partial charge in [0.25, 0.3) is 0 Å². The summed E-state index contributed by atoms with van der Waals surface area (Å²) < 4.78 is 1.90. The van der Waals surface area contributed by atoms with Crippen molar-refractivity contribution in [3.8, 4) is 0 Å². The smallest absolute Gasteiger partial charge is 0.0627 e. The van der Waals surface area contributed by atoms with Gasteiger partial charge in [0.2, 0.25) is 0 Å². The zero-order valence-electron chi connectivity index (χ0n) is 9.32. The molecule has 0 N–H and O–H groups in total. The molecule has 1 aliphatic carbocycles. The van der Waals surface area contributed by atoms with Crippen molar-refractivity contribution in [2.45, 2.75) is 43.4 Å². The van der Waals surface area contributed by atoms with Gasteiger partial charge in [0.15, 0.2) is 0 Å². The molecular weight excluding hydrogens is 252 g/mol. The number of aryl methyl sites for hydroxylation is 1. The van der Waals surface area contributed by atoms with Gasteiger partial charge in [0.1, 0.15) is 0 Å². The number of rotatable bonds is 2. The summed E-state index contributed by atoms with van der Waals surface area (Å²) in [4.78, 5) is 0.730. The maximum Gasteiger partial charge on any atom is 0.0627 e. The highest BCUT2D eigenvalue weighted by Crippen LogP contribution is 2.29. The number of nitrogens with zero attached hydrogens (tertiary/aromatic N) is 2. The lowest BCUT2D eigenvalue weighted by atomic mass is 9.95. The molecule has 15 heavy (non-hydrogen) atoms. The zero-order valence-corrected chi connectivity index (χ0v) is 10.9. The Morgan fingerprint density at radius 2 is 2.27 bits per heavy atom. The van der Waals surface area contributed by atoms with Crippen LogP contribution in [0.25, 0.3) is 0 Å². The van der Waals surface area contributed by atoms with Crippen molar-refractivity contribution in [1.82, 2.24) is 9.78 Å². The lowest BCUT2D eigenvalue weighted by Crippen LogP contribution is -2.09. The van der Waals surface area contributed by atoms with Crippen molar-refractivity contribution < 1.29 is 0 Å². The molecule has 1 aromatic rings. The van der Waals surface area contributed by atoms with Crippen molar-refractivity contribution in [3.63, 3.8) is 0 Å². The Bertz CT molecular complexity index is 308. The summed E-state index contributed by atoms with van der Waals surface area (Å²) >= 11 is 3.77. The zero-order chi connectivity index (χ0) is 10.7. The highest BCUT2D eigenvalue weighted by Gasteiger charge is 2.19. The minimum atomic E-state index is 0.730. The standard InChI is InChI=1S/C12H19BrN2/c1-15-7-6-12(14-15)9-10-4-2-3-5-11(13)8-10/h6-7,10-11H,2-5,8-9H2,1H3. The number of aromatic nitrogens is 2. The molecule has 0 amide bonds. The van der Waals surface area contributed by atoms with E-state index in [1.165, 1.54) is 37.8 Å². The fourth-order valence-electron chi connectivity index (χ4n) is 2.45. The highest BCUT2D eigenvalue weighted by atomic mass is 79.9. The van der Waals surface area contributed by atoms with Gasteiger partial charge in [-0.1, -0.05) is 35.2 Å². The summed E-state index contributed by atoms with van der Waals surface area (Å²) in [5.74, 6) is 0.826. The SMILES string of the molecule is Cn1ccc(CC2CCCCC(Br)C2)n1. The van der Waals surface area contributed by atoms with Crippen molar-refractivity contribution in [1.29, 1.82) is 0 Å². The van der Waals surface area contributed by atoms with Crippen LogP contribution < -0.4 is 0 Å². The van der Waals surface area contributed by atoms with Crippen LogP contribution in [-0.4, -0.2) is 14.6 Å². The van der Waals surface area contributed by atoms with E-state index in [2.05, 4.69) is 27.1 Å². The third-order valence-corrected chi connectivity index (χ3v) is 4.07. The van der Waals surface area contributed by atoms with E-state index in [1.54, 1.807) is 0 Å². The van der Waals surface area contributed by atoms with Crippen molar-refractivity contribution in [2.24, 2.45) is 13.0 Å². The summed E-state index contributed by atoms with van der Waals surface area (Å²) in [5, 5.41) is 4.46. The first-order chi connectivity index (χ1) is 7.24. The second-order valence-electron chi connectivity index (χ2n) is 4.67. The Morgan fingerprint density at radius 1 is 1.47 bits per heavy atom. The molecule has 1 fully saturated rings. The summed E-state index contributed by atoms with van der Waals surface area (Å²) in [6.07, 6.45) is 10.0. The summed E-state index contributed by atoms with van der Waals surface area (Å²) in [5.41, 5.74) is 1.25. The van der Waals surface area contributed by atoms with Crippen molar-refractivity contribution in [2.75, 3.05) is 0 Å². The molecule has 0 saturated heterocycles. The molecule has 2 unspecified atom stereocenters. The molecule has 2 nitrogen and oxygen atoms in total. The van der Waals surface area contributed by atoms with Gasteiger partial charge in [-0.05, 0) is 31.2 Å². The van der Waals surface area contributed by atoms with Gasteiger partial charge in [-0.2, -0.15) is 5.10 Å². The molecule has 0 aliphatic heterocycles. The molecule has 1 aromatic heterocycles. The van der Waals surface area contributed by atoms with Crippen LogP contribution in [0.3, 0.4) is 0 Å². The van der Waals surface area contributed by atoms with Crippen LogP contribution in [0.1, 0.15) is 37.8 Å². The number of alkyl halides is 1. The van der Waals surface area contributed by atoms with E-state index in [0.717, 1.165) is 17.2 Å². The highest BCUT2D eigenvalue weighted by molar-refractivity contribution is 9.09. The first-order valence-electron chi connectivity index (χ1n) is 5.86. The third kappa shape index (κ3) is 3.33. The van der Waals surface area contributed by atoms with Gasteiger partial charge in [-0.15, -0.1) is 0 Å². The van der Waals surface area contributed by atoms with Gasteiger partial charge < -0.3 is 0 Å². The number of hydrogen-bond donors (Lipinski definition) is 0. The molecule has 2 atom stereocenters. The Hall–Kier alpha value is -0.310. The first kappa shape index (κ1) is 11.2. The van der Waals surface area contributed by atoms with Gasteiger partial charge in [0, 0.05) is 18.1 Å². The summed E-state index contributed by atoms with van der Waals surface area (Å²) in [7, 11) is 1.99. The molecule has 1 saturated carbocycles. The van der Waals surface area contributed by atoms with E-state index in [-0.39, 0.29) is 0 Å². The Balaban J connectivity index is 1.92. The van der Waals surface area contributed by atoms with Crippen LogP contribution >= 0.6 is 15.9 Å².